The average Bonchev–Trinajstić information content (AvgIpc) is 2.47. The number of carbonyl (C=O) groups is 1. The Kier molecular flexibility index (Phi) is 4.37. The lowest BCUT2D eigenvalue weighted by Crippen LogP contribution is -2.33. The zero-order chi connectivity index (χ0) is 15.4. The van der Waals surface area contributed by atoms with Crippen molar-refractivity contribution in [2.24, 2.45) is 0 Å². The van der Waals surface area contributed by atoms with E-state index in [0.29, 0.717) is 11.4 Å². The summed E-state index contributed by atoms with van der Waals surface area (Å²) < 4.78 is 0. The normalized spacial score (nSPS) is 11.9. The fourth-order valence-electron chi connectivity index (χ4n) is 1.80. The van der Waals surface area contributed by atoms with Crippen molar-refractivity contribution in [1.82, 2.24) is 15.3 Å². The van der Waals surface area contributed by atoms with Crippen molar-refractivity contribution in [2.75, 3.05) is 11.5 Å². The number of benzene rings is 1. The van der Waals surface area contributed by atoms with Crippen LogP contribution in [0.15, 0.2) is 30.5 Å². The van der Waals surface area contributed by atoms with E-state index in [-0.39, 0.29) is 23.5 Å². The van der Waals surface area contributed by atoms with Crippen molar-refractivity contribution in [3.8, 4) is 11.3 Å². The Morgan fingerprint density at radius 2 is 2.14 bits per heavy atom. The predicted molar refractivity (Wildman–Crippen MR) is 83.5 cm³/mol. The molecule has 1 heterocycles. The van der Waals surface area contributed by atoms with E-state index in [9.17, 15) is 4.79 Å². The second-order valence-electron chi connectivity index (χ2n) is 4.90. The molecule has 0 saturated heterocycles. The summed E-state index contributed by atoms with van der Waals surface area (Å²) in [5.41, 5.74) is 13.6. The second-order valence-corrected chi connectivity index (χ2v) is 4.90. The minimum absolute atomic E-state index is 0.0507. The first-order valence-electron chi connectivity index (χ1n) is 6.80. The Labute approximate surface area is 123 Å². The first kappa shape index (κ1) is 14.8. The third-order valence-electron chi connectivity index (χ3n) is 3.19. The topological polar surface area (TPSA) is 107 Å². The molecule has 0 spiro atoms. The maximum Gasteiger partial charge on any atom is 0.273 e. The smallest absolute Gasteiger partial charge is 0.273 e. The quantitative estimate of drug-likeness (QED) is 0.743. The van der Waals surface area contributed by atoms with Gasteiger partial charge in [0.25, 0.3) is 5.91 Å². The molecule has 0 saturated carbocycles. The summed E-state index contributed by atoms with van der Waals surface area (Å²) in [6, 6.07) is 7.28. The molecule has 21 heavy (non-hydrogen) atoms. The summed E-state index contributed by atoms with van der Waals surface area (Å²) in [4.78, 5) is 20.5. The average molecular weight is 285 g/mol. The van der Waals surface area contributed by atoms with Crippen LogP contribution in [0.1, 0.15) is 30.8 Å². The van der Waals surface area contributed by atoms with Crippen molar-refractivity contribution in [3.63, 3.8) is 0 Å². The summed E-state index contributed by atoms with van der Waals surface area (Å²) in [5.74, 6) is -0.205. The van der Waals surface area contributed by atoms with Crippen LogP contribution in [0.2, 0.25) is 0 Å². The molecule has 5 N–H and O–H groups in total. The van der Waals surface area contributed by atoms with Crippen molar-refractivity contribution < 1.29 is 4.79 Å². The van der Waals surface area contributed by atoms with Crippen LogP contribution in [-0.2, 0) is 0 Å². The van der Waals surface area contributed by atoms with Gasteiger partial charge in [-0.05, 0) is 25.5 Å². The molecule has 0 aliphatic carbocycles. The molecule has 0 aliphatic rings. The third-order valence-corrected chi connectivity index (χ3v) is 3.19. The van der Waals surface area contributed by atoms with E-state index >= 15 is 0 Å². The van der Waals surface area contributed by atoms with E-state index in [1.54, 1.807) is 12.1 Å². The molecule has 1 aromatic carbocycles. The van der Waals surface area contributed by atoms with Crippen molar-refractivity contribution >= 4 is 17.4 Å². The number of rotatable bonds is 4. The molecule has 2 aromatic rings. The maximum absolute atomic E-state index is 12.2. The number of amides is 1. The number of nitrogen functional groups attached to an aromatic ring is 2. The van der Waals surface area contributed by atoms with E-state index in [2.05, 4.69) is 15.3 Å². The molecule has 0 fully saturated rings. The molecule has 1 amide bonds. The van der Waals surface area contributed by atoms with Crippen molar-refractivity contribution in [1.29, 1.82) is 0 Å². The highest BCUT2D eigenvalue weighted by atomic mass is 16.2. The Balaban J connectivity index is 2.35. The molecule has 2 rings (SSSR count). The number of anilines is 2. The van der Waals surface area contributed by atoms with Gasteiger partial charge in [0, 0.05) is 17.3 Å². The summed E-state index contributed by atoms with van der Waals surface area (Å²) in [6.45, 7) is 3.91. The molecule has 1 aromatic heterocycles. The van der Waals surface area contributed by atoms with Crippen LogP contribution < -0.4 is 16.8 Å². The summed E-state index contributed by atoms with van der Waals surface area (Å²) in [5, 5.41) is 2.83. The molecular formula is C15H19N5O. The molecule has 1 atom stereocenters. The highest BCUT2D eigenvalue weighted by Crippen LogP contribution is 2.20. The Bertz CT molecular complexity index is 656. The van der Waals surface area contributed by atoms with Crippen molar-refractivity contribution in [3.05, 3.63) is 36.2 Å². The minimum Gasteiger partial charge on any atom is -0.399 e. The van der Waals surface area contributed by atoms with E-state index in [1.165, 1.54) is 6.20 Å². The standard InChI is InChI=1S/C15H19N5O/c1-3-9(2)19-15(21)13-14(17)18-8-12(20-13)10-5-4-6-11(16)7-10/h4-9H,3,16H2,1-2H3,(H2,17,18)(H,19,21). The van der Waals surface area contributed by atoms with E-state index in [0.717, 1.165) is 12.0 Å². The number of hydrogen-bond acceptors (Lipinski definition) is 5. The lowest BCUT2D eigenvalue weighted by molar-refractivity contribution is 0.0935. The van der Waals surface area contributed by atoms with Gasteiger partial charge in [0.1, 0.15) is 0 Å². The van der Waals surface area contributed by atoms with Crippen LogP contribution in [0.4, 0.5) is 11.5 Å². The molecule has 6 heteroatoms. The largest absolute Gasteiger partial charge is 0.399 e. The molecule has 0 aliphatic heterocycles. The highest BCUT2D eigenvalue weighted by Gasteiger charge is 2.16. The first-order chi connectivity index (χ1) is 10.0. The number of hydrogen-bond donors (Lipinski definition) is 3. The molecular weight excluding hydrogens is 266 g/mol. The van der Waals surface area contributed by atoms with Gasteiger partial charge in [-0.25, -0.2) is 9.97 Å². The van der Waals surface area contributed by atoms with Gasteiger partial charge in [0.15, 0.2) is 11.5 Å². The molecule has 1 unspecified atom stereocenters. The second kappa shape index (κ2) is 6.21. The zero-order valence-corrected chi connectivity index (χ0v) is 12.1. The highest BCUT2D eigenvalue weighted by molar-refractivity contribution is 5.97. The molecule has 0 bridgehead atoms. The van der Waals surface area contributed by atoms with Crippen LogP contribution in [0.5, 0.6) is 0 Å². The lowest BCUT2D eigenvalue weighted by Gasteiger charge is -2.12. The van der Waals surface area contributed by atoms with Crippen LogP contribution in [0, 0.1) is 0 Å². The monoisotopic (exact) mass is 285 g/mol. The van der Waals surface area contributed by atoms with Crippen LogP contribution in [0.3, 0.4) is 0 Å². The maximum atomic E-state index is 12.2. The van der Waals surface area contributed by atoms with Gasteiger partial charge in [-0.1, -0.05) is 19.1 Å². The van der Waals surface area contributed by atoms with Crippen molar-refractivity contribution in [2.45, 2.75) is 26.3 Å². The molecule has 6 nitrogen and oxygen atoms in total. The Hall–Kier alpha value is -2.63. The number of carbonyl (C=O) groups excluding carboxylic acids is 1. The van der Waals surface area contributed by atoms with Gasteiger partial charge in [-0.15, -0.1) is 0 Å². The Morgan fingerprint density at radius 3 is 2.81 bits per heavy atom. The fraction of sp³-hybridized carbons (Fsp3) is 0.267. The van der Waals surface area contributed by atoms with Gasteiger partial charge in [-0.3, -0.25) is 4.79 Å². The van der Waals surface area contributed by atoms with Gasteiger partial charge >= 0.3 is 0 Å². The molecule has 110 valence electrons. The van der Waals surface area contributed by atoms with Gasteiger partial charge in [0.2, 0.25) is 0 Å². The third kappa shape index (κ3) is 3.47. The summed E-state index contributed by atoms with van der Waals surface area (Å²) in [7, 11) is 0. The number of aromatic nitrogens is 2. The first-order valence-corrected chi connectivity index (χ1v) is 6.80. The number of nitrogens with one attached hydrogen (secondary N) is 1. The van der Waals surface area contributed by atoms with Gasteiger partial charge < -0.3 is 16.8 Å². The number of nitrogens with zero attached hydrogens (tertiary/aromatic N) is 2. The van der Waals surface area contributed by atoms with Gasteiger partial charge in [0.05, 0.1) is 11.9 Å². The lowest BCUT2D eigenvalue weighted by atomic mass is 10.1. The summed E-state index contributed by atoms with van der Waals surface area (Å²) in [6.07, 6.45) is 2.36. The predicted octanol–water partition coefficient (Wildman–Crippen LogP) is 1.84. The minimum atomic E-state index is -0.319. The summed E-state index contributed by atoms with van der Waals surface area (Å²) >= 11 is 0. The van der Waals surface area contributed by atoms with E-state index < -0.39 is 0 Å². The molecule has 0 radical (unpaired) electrons. The van der Waals surface area contributed by atoms with Gasteiger partial charge in [-0.2, -0.15) is 0 Å². The number of nitrogens with two attached hydrogens (primary N) is 2. The van der Waals surface area contributed by atoms with Crippen LogP contribution in [0.25, 0.3) is 11.3 Å². The zero-order valence-electron chi connectivity index (χ0n) is 12.1. The van der Waals surface area contributed by atoms with E-state index in [4.69, 9.17) is 11.5 Å². The Morgan fingerprint density at radius 1 is 1.38 bits per heavy atom. The SMILES string of the molecule is CCC(C)NC(=O)c1nc(-c2cccc(N)c2)cnc1N. The van der Waals surface area contributed by atoms with Crippen LogP contribution in [-0.4, -0.2) is 21.9 Å². The fourth-order valence-corrected chi connectivity index (χ4v) is 1.80. The van der Waals surface area contributed by atoms with E-state index in [1.807, 2.05) is 26.0 Å². The van der Waals surface area contributed by atoms with Crippen LogP contribution >= 0.6 is 0 Å².